The molecule has 0 N–H and O–H groups in total. The molecule has 0 bridgehead atoms. The fourth-order valence-corrected chi connectivity index (χ4v) is 3.18. The summed E-state index contributed by atoms with van der Waals surface area (Å²) in [6.45, 7) is 4.38. The molecule has 1 fully saturated rings. The molecule has 0 spiro atoms. The lowest BCUT2D eigenvalue weighted by Gasteiger charge is -2.44. The molecule has 0 aliphatic carbocycles. The van der Waals surface area contributed by atoms with Gasteiger partial charge in [0, 0.05) is 0 Å². The number of hydrogen-bond donors (Lipinski definition) is 0. The molecule has 0 aromatic heterocycles. The van der Waals surface area contributed by atoms with Crippen LogP contribution >= 0.6 is 0 Å². The van der Waals surface area contributed by atoms with Gasteiger partial charge in [-0.1, -0.05) is 69.9 Å². The van der Waals surface area contributed by atoms with E-state index in [0.29, 0.717) is 6.42 Å². The van der Waals surface area contributed by atoms with E-state index in [1.807, 2.05) is 30.3 Å². The molecule has 1 aliphatic heterocycles. The molecule has 2 atom stereocenters. The maximum atomic E-state index is 12.8. The van der Waals surface area contributed by atoms with E-state index in [0.717, 1.165) is 44.1 Å². The Morgan fingerprint density at radius 2 is 1.83 bits per heavy atom. The standard InChI is InChI=1S/C20H28O4/c1-3-5-8-13-17-20(14-6-4-2,19(22)24-17)18(21)23-15-16-11-9-7-10-12-16/h7,9-12,17H,3-6,8,13-15H2,1-2H3/t17-,20+/m0/s1. The van der Waals surface area contributed by atoms with Crippen molar-refractivity contribution < 1.29 is 19.1 Å². The molecule has 1 aromatic carbocycles. The average Bonchev–Trinajstić information content (AvgIpc) is 2.60. The van der Waals surface area contributed by atoms with E-state index >= 15 is 0 Å². The first kappa shape index (κ1) is 18.5. The van der Waals surface area contributed by atoms with E-state index < -0.39 is 17.4 Å². The maximum absolute atomic E-state index is 12.8. The quantitative estimate of drug-likeness (QED) is 0.362. The number of carbonyl (C=O) groups is 2. The smallest absolute Gasteiger partial charge is 0.327 e. The Morgan fingerprint density at radius 1 is 1.12 bits per heavy atom. The molecule has 1 heterocycles. The number of cyclic esters (lactones) is 1. The zero-order valence-electron chi connectivity index (χ0n) is 14.8. The third-order valence-electron chi connectivity index (χ3n) is 4.73. The van der Waals surface area contributed by atoms with Gasteiger partial charge in [-0.3, -0.25) is 9.59 Å². The molecule has 24 heavy (non-hydrogen) atoms. The van der Waals surface area contributed by atoms with Gasteiger partial charge >= 0.3 is 11.9 Å². The van der Waals surface area contributed by atoms with Crippen molar-refractivity contribution in [3.05, 3.63) is 35.9 Å². The van der Waals surface area contributed by atoms with E-state index in [-0.39, 0.29) is 12.7 Å². The van der Waals surface area contributed by atoms with Gasteiger partial charge in [0.05, 0.1) is 0 Å². The van der Waals surface area contributed by atoms with Crippen molar-refractivity contribution in [1.29, 1.82) is 0 Å². The first-order valence-electron chi connectivity index (χ1n) is 9.07. The van der Waals surface area contributed by atoms with Crippen molar-refractivity contribution in [3.63, 3.8) is 0 Å². The summed E-state index contributed by atoms with van der Waals surface area (Å²) in [5.41, 5.74) is -0.162. The number of rotatable bonds is 10. The van der Waals surface area contributed by atoms with E-state index in [9.17, 15) is 9.59 Å². The third kappa shape index (κ3) is 3.97. The lowest BCUT2D eigenvalue weighted by molar-refractivity contribution is -0.220. The summed E-state index contributed by atoms with van der Waals surface area (Å²) in [5, 5.41) is 0. The maximum Gasteiger partial charge on any atom is 0.327 e. The molecule has 4 heteroatoms. The van der Waals surface area contributed by atoms with Crippen LogP contribution in [0.15, 0.2) is 30.3 Å². The van der Waals surface area contributed by atoms with Gasteiger partial charge in [-0.15, -0.1) is 0 Å². The van der Waals surface area contributed by atoms with Gasteiger partial charge in [-0.25, -0.2) is 0 Å². The molecule has 0 saturated carbocycles. The highest BCUT2D eigenvalue weighted by atomic mass is 16.6. The highest BCUT2D eigenvalue weighted by Crippen LogP contribution is 2.45. The number of hydrogen-bond acceptors (Lipinski definition) is 4. The minimum absolute atomic E-state index is 0.197. The van der Waals surface area contributed by atoms with E-state index in [4.69, 9.17) is 9.47 Å². The lowest BCUT2D eigenvalue weighted by Crippen LogP contribution is -2.61. The predicted molar refractivity (Wildman–Crippen MR) is 92.2 cm³/mol. The van der Waals surface area contributed by atoms with Crippen molar-refractivity contribution in [3.8, 4) is 0 Å². The zero-order chi connectivity index (χ0) is 17.4. The topological polar surface area (TPSA) is 52.6 Å². The van der Waals surface area contributed by atoms with Crippen LogP contribution in [0.5, 0.6) is 0 Å². The van der Waals surface area contributed by atoms with Gasteiger partial charge in [-0.2, -0.15) is 0 Å². The molecule has 132 valence electrons. The van der Waals surface area contributed by atoms with Crippen LogP contribution in [0.1, 0.15) is 64.4 Å². The van der Waals surface area contributed by atoms with Gasteiger partial charge in [0.2, 0.25) is 5.41 Å². The number of esters is 2. The lowest BCUT2D eigenvalue weighted by atomic mass is 9.71. The zero-order valence-corrected chi connectivity index (χ0v) is 14.8. The fourth-order valence-electron chi connectivity index (χ4n) is 3.18. The first-order chi connectivity index (χ1) is 11.6. The van der Waals surface area contributed by atoms with Gasteiger partial charge in [-0.05, 0) is 24.8 Å². The van der Waals surface area contributed by atoms with Gasteiger partial charge < -0.3 is 9.47 Å². The highest BCUT2D eigenvalue weighted by Gasteiger charge is 2.63. The molecule has 2 rings (SSSR count). The summed E-state index contributed by atoms with van der Waals surface area (Å²) in [4.78, 5) is 25.0. The Hall–Kier alpha value is -1.84. The second-order valence-electron chi connectivity index (χ2n) is 6.53. The molecule has 1 saturated heterocycles. The number of ether oxygens (including phenoxy) is 2. The van der Waals surface area contributed by atoms with Crippen LogP contribution in [0, 0.1) is 5.41 Å². The minimum Gasteiger partial charge on any atom is -0.460 e. The number of benzene rings is 1. The van der Waals surface area contributed by atoms with E-state index in [1.165, 1.54) is 0 Å². The van der Waals surface area contributed by atoms with Crippen molar-refractivity contribution in [1.82, 2.24) is 0 Å². The minimum atomic E-state index is -1.08. The summed E-state index contributed by atoms with van der Waals surface area (Å²) < 4.78 is 10.8. The Balaban J connectivity index is 2.04. The molecule has 1 aromatic rings. The normalized spacial score (nSPS) is 22.6. The fraction of sp³-hybridized carbons (Fsp3) is 0.600. The van der Waals surface area contributed by atoms with Crippen LogP contribution in [0.25, 0.3) is 0 Å². The molecule has 0 unspecified atom stereocenters. The highest BCUT2D eigenvalue weighted by molar-refractivity contribution is 6.04. The van der Waals surface area contributed by atoms with E-state index in [2.05, 4.69) is 13.8 Å². The molecule has 0 amide bonds. The van der Waals surface area contributed by atoms with Crippen LogP contribution in [0.4, 0.5) is 0 Å². The summed E-state index contributed by atoms with van der Waals surface area (Å²) in [6, 6.07) is 9.54. The molecule has 1 aliphatic rings. The second-order valence-corrected chi connectivity index (χ2v) is 6.53. The molecular formula is C20H28O4. The summed E-state index contributed by atoms with van der Waals surface area (Å²) in [6.07, 6.45) is 5.83. The second kappa shape index (κ2) is 8.86. The van der Waals surface area contributed by atoms with Crippen LogP contribution in [0.3, 0.4) is 0 Å². The van der Waals surface area contributed by atoms with Crippen molar-refractivity contribution in [2.24, 2.45) is 5.41 Å². The summed E-state index contributed by atoms with van der Waals surface area (Å²) >= 11 is 0. The summed E-state index contributed by atoms with van der Waals surface area (Å²) in [7, 11) is 0. The monoisotopic (exact) mass is 332 g/mol. The summed E-state index contributed by atoms with van der Waals surface area (Å²) in [5.74, 6) is -0.826. The van der Waals surface area contributed by atoms with Crippen LogP contribution in [-0.4, -0.2) is 18.0 Å². The van der Waals surface area contributed by atoms with Gasteiger partial charge in [0.25, 0.3) is 0 Å². The van der Waals surface area contributed by atoms with Crippen molar-refractivity contribution in [2.45, 2.75) is 71.5 Å². The largest absolute Gasteiger partial charge is 0.460 e. The Morgan fingerprint density at radius 3 is 2.46 bits per heavy atom. The number of carbonyl (C=O) groups excluding carboxylic acids is 2. The number of unbranched alkanes of at least 4 members (excludes halogenated alkanes) is 3. The predicted octanol–water partition coefficient (Wildman–Crippen LogP) is 4.41. The SMILES string of the molecule is CCCCC[C@@H]1OC(=O)[C@@]1(CCCC)C(=O)OCc1ccccc1. The van der Waals surface area contributed by atoms with Crippen LogP contribution < -0.4 is 0 Å². The van der Waals surface area contributed by atoms with Crippen molar-refractivity contribution >= 4 is 11.9 Å². The van der Waals surface area contributed by atoms with E-state index in [1.54, 1.807) is 0 Å². The van der Waals surface area contributed by atoms with Crippen LogP contribution in [0.2, 0.25) is 0 Å². The Bertz CT molecular complexity index is 540. The molecule has 4 nitrogen and oxygen atoms in total. The average molecular weight is 332 g/mol. The first-order valence-corrected chi connectivity index (χ1v) is 9.07. The van der Waals surface area contributed by atoms with Crippen molar-refractivity contribution in [2.75, 3.05) is 0 Å². The Labute approximate surface area is 144 Å². The molecule has 0 radical (unpaired) electrons. The van der Waals surface area contributed by atoms with Gasteiger partial charge in [0.1, 0.15) is 12.7 Å². The van der Waals surface area contributed by atoms with Gasteiger partial charge in [0.15, 0.2) is 0 Å². The Kier molecular flexibility index (Phi) is 6.83. The third-order valence-corrected chi connectivity index (χ3v) is 4.73. The van der Waals surface area contributed by atoms with Crippen LogP contribution in [-0.2, 0) is 25.7 Å². The molecular weight excluding hydrogens is 304 g/mol.